The summed E-state index contributed by atoms with van der Waals surface area (Å²) < 4.78 is 38.9. The van der Waals surface area contributed by atoms with Gasteiger partial charge in [-0.25, -0.2) is 0 Å². The number of hydrogen-bond donors (Lipinski definition) is 1. The van der Waals surface area contributed by atoms with Crippen LogP contribution in [0.5, 0.6) is 0 Å². The number of hydrogen-bond acceptors (Lipinski definition) is 3. The maximum atomic E-state index is 13.0. The van der Waals surface area contributed by atoms with Crippen molar-refractivity contribution in [2.45, 2.75) is 31.2 Å². The van der Waals surface area contributed by atoms with Gasteiger partial charge in [0.15, 0.2) is 0 Å². The van der Waals surface area contributed by atoms with Crippen LogP contribution in [0.4, 0.5) is 13.2 Å². The fraction of sp³-hybridized carbons (Fsp3) is 0.455. The van der Waals surface area contributed by atoms with Crippen molar-refractivity contribution in [3.63, 3.8) is 0 Å². The van der Waals surface area contributed by atoms with E-state index in [4.69, 9.17) is 0 Å². The molecule has 0 saturated heterocycles. The zero-order valence-electron chi connectivity index (χ0n) is 9.11. The number of benzene rings is 1. The first kappa shape index (κ1) is 13.6. The second-order valence-corrected chi connectivity index (χ2v) is 3.66. The fourth-order valence-electron chi connectivity index (χ4n) is 1.68. The molecule has 1 rings (SSSR count). The van der Waals surface area contributed by atoms with Crippen LogP contribution in [0.3, 0.4) is 0 Å². The average Bonchev–Trinajstić information content (AvgIpc) is 2.30. The van der Waals surface area contributed by atoms with E-state index in [0.717, 1.165) is 12.1 Å². The third-order valence-corrected chi connectivity index (χ3v) is 2.64. The van der Waals surface area contributed by atoms with Crippen molar-refractivity contribution >= 4 is 0 Å². The lowest BCUT2D eigenvalue weighted by Crippen LogP contribution is -2.50. The number of rotatable bonds is 4. The summed E-state index contributed by atoms with van der Waals surface area (Å²) in [7, 11) is 0. The summed E-state index contributed by atoms with van der Waals surface area (Å²) in [6, 6.07) is 4.75. The fourth-order valence-corrected chi connectivity index (χ4v) is 1.68. The highest BCUT2D eigenvalue weighted by Gasteiger charge is 2.60. The molecular weight excluding hydrogens is 235 g/mol. The zero-order chi connectivity index (χ0) is 13.1. The Morgan fingerprint density at radius 3 is 2.18 bits per heavy atom. The summed E-state index contributed by atoms with van der Waals surface area (Å²) >= 11 is 0. The van der Waals surface area contributed by atoms with Gasteiger partial charge in [-0.3, -0.25) is 0 Å². The SMILES string of the molecule is CC[C@@H](N=O)[C@@](O)(c1ccccc1)C(F)(F)F. The van der Waals surface area contributed by atoms with Gasteiger partial charge in [0.1, 0.15) is 6.04 Å². The predicted molar refractivity (Wildman–Crippen MR) is 56.3 cm³/mol. The Bertz CT molecular complexity index is 380. The van der Waals surface area contributed by atoms with E-state index in [-0.39, 0.29) is 12.0 Å². The largest absolute Gasteiger partial charge is 0.423 e. The van der Waals surface area contributed by atoms with Gasteiger partial charge in [-0.15, -0.1) is 0 Å². The van der Waals surface area contributed by atoms with Crippen molar-refractivity contribution < 1.29 is 18.3 Å². The Morgan fingerprint density at radius 2 is 1.82 bits per heavy atom. The smallest absolute Gasteiger partial charge is 0.375 e. The molecule has 17 heavy (non-hydrogen) atoms. The van der Waals surface area contributed by atoms with Crippen LogP contribution in [0.15, 0.2) is 35.5 Å². The molecule has 2 atom stereocenters. The van der Waals surface area contributed by atoms with Gasteiger partial charge in [0.25, 0.3) is 0 Å². The highest BCUT2D eigenvalue weighted by Crippen LogP contribution is 2.43. The topological polar surface area (TPSA) is 49.7 Å². The van der Waals surface area contributed by atoms with Crippen LogP contribution < -0.4 is 0 Å². The summed E-state index contributed by atoms with van der Waals surface area (Å²) in [5.41, 5.74) is -3.61. The van der Waals surface area contributed by atoms with Crippen molar-refractivity contribution in [1.82, 2.24) is 0 Å². The van der Waals surface area contributed by atoms with Gasteiger partial charge in [0.05, 0.1) is 0 Å². The van der Waals surface area contributed by atoms with E-state index in [1.165, 1.54) is 25.1 Å². The van der Waals surface area contributed by atoms with E-state index >= 15 is 0 Å². The monoisotopic (exact) mass is 247 g/mol. The number of nitroso groups, excluding NO2 is 1. The van der Waals surface area contributed by atoms with Crippen LogP contribution >= 0.6 is 0 Å². The Labute approximate surface area is 96.2 Å². The molecule has 0 saturated carbocycles. The average molecular weight is 247 g/mol. The van der Waals surface area contributed by atoms with Gasteiger partial charge in [0.2, 0.25) is 5.60 Å². The number of nitrogens with zero attached hydrogens (tertiary/aromatic N) is 1. The van der Waals surface area contributed by atoms with Crippen molar-refractivity contribution in [2.75, 3.05) is 0 Å². The minimum atomic E-state index is -4.96. The molecule has 0 aromatic heterocycles. The van der Waals surface area contributed by atoms with Gasteiger partial charge >= 0.3 is 6.18 Å². The number of halogens is 3. The Hall–Kier alpha value is -1.43. The van der Waals surface area contributed by atoms with Crippen molar-refractivity contribution in [3.05, 3.63) is 40.8 Å². The molecule has 0 bridgehead atoms. The van der Waals surface area contributed by atoms with Gasteiger partial charge in [0, 0.05) is 0 Å². The van der Waals surface area contributed by atoms with Crippen LogP contribution in [-0.2, 0) is 5.60 Å². The molecule has 1 aromatic rings. The van der Waals surface area contributed by atoms with E-state index in [2.05, 4.69) is 5.18 Å². The first-order valence-corrected chi connectivity index (χ1v) is 5.05. The molecule has 0 aliphatic heterocycles. The van der Waals surface area contributed by atoms with E-state index < -0.39 is 17.8 Å². The van der Waals surface area contributed by atoms with Crippen molar-refractivity contribution in [2.24, 2.45) is 5.18 Å². The molecule has 6 heteroatoms. The third-order valence-electron chi connectivity index (χ3n) is 2.64. The zero-order valence-corrected chi connectivity index (χ0v) is 9.11. The maximum absolute atomic E-state index is 13.0. The second kappa shape index (κ2) is 4.83. The quantitative estimate of drug-likeness (QED) is 0.831. The van der Waals surface area contributed by atoms with E-state index in [0.29, 0.717) is 0 Å². The molecule has 1 aromatic carbocycles. The summed E-state index contributed by atoms with van der Waals surface area (Å²) in [4.78, 5) is 10.5. The molecule has 1 N–H and O–H groups in total. The van der Waals surface area contributed by atoms with Crippen LogP contribution in [0.1, 0.15) is 18.9 Å². The van der Waals surface area contributed by atoms with E-state index in [1.807, 2.05) is 0 Å². The summed E-state index contributed by atoms with van der Waals surface area (Å²) in [5, 5.41) is 12.3. The van der Waals surface area contributed by atoms with Crippen molar-refractivity contribution in [3.8, 4) is 0 Å². The first-order chi connectivity index (χ1) is 7.87. The second-order valence-electron chi connectivity index (χ2n) is 3.66. The molecule has 0 fully saturated rings. The number of aliphatic hydroxyl groups is 1. The van der Waals surface area contributed by atoms with Gasteiger partial charge in [-0.1, -0.05) is 42.4 Å². The van der Waals surface area contributed by atoms with E-state index in [1.54, 1.807) is 0 Å². The number of alkyl halides is 3. The molecule has 0 amide bonds. The predicted octanol–water partition coefficient (Wildman–Crippen LogP) is 2.98. The molecule has 0 unspecified atom stereocenters. The molecule has 3 nitrogen and oxygen atoms in total. The first-order valence-electron chi connectivity index (χ1n) is 5.05. The minimum Gasteiger partial charge on any atom is -0.375 e. The normalized spacial score (nSPS) is 17.2. The Kier molecular flexibility index (Phi) is 3.87. The lowest BCUT2D eigenvalue weighted by atomic mass is 9.84. The molecule has 0 aliphatic carbocycles. The molecule has 0 heterocycles. The summed E-state index contributed by atoms with van der Waals surface area (Å²) in [5.74, 6) is 0. The van der Waals surface area contributed by atoms with Gasteiger partial charge in [-0.05, 0) is 12.0 Å². The Morgan fingerprint density at radius 1 is 1.29 bits per heavy atom. The molecule has 0 spiro atoms. The third kappa shape index (κ3) is 2.31. The summed E-state index contributed by atoms with van der Waals surface area (Å²) in [6.45, 7) is 1.37. The minimum absolute atomic E-state index is 0.200. The van der Waals surface area contributed by atoms with Crippen LogP contribution in [-0.4, -0.2) is 17.3 Å². The molecular formula is C11H12F3NO2. The molecule has 0 aliphatic rings. The van der Waals surface area contributed by atoms with Gasteiger partial charge in [-0.2, -0.15) is 18.1 Å². The van der Waals surface area contributed by atoms with Crippen LogP contribution in [0.2, 0.25) is 0 Å². The highest BCUT2D eigenvalue weighted by atomic mass is 19.4. The maximum Gasteiger partial charge on any atom is 0.423 e. The van der Waals surface area contributed by atoms with Crippen molar-refractivity contribution in [1.29, 1.82) is 0 Å². The van der Waals surface area contributed by atoms with Crippen LogP contribution in [0.25, 0.3) is 0 Å². The standard InChI is InChI=1S/C11H12F3NO2/c1-2-9(15-17)10(16,11(12,13)14)8-6-4-3-5-7-8/h3-7,9,16H,2H2,1H3/t9-,10+/m1/s1. The Balaban J connectivity index is 3.35. The lowest BCUT2D eigenvalue weighted by Gasteiger charge is -2.33. The highest BCUT2D eigenvalue weighted by molar-refractivity contribution is 5.26. The van der Waals surface area contributed by atoms with E-state index in [9.17, 15) is 23.2 Å². The summed E-state index contributed by atoms with van der Waals surface area (Å²) in [6.07, 6.45) is -5.16. The van der Waals surface area contributed by atoms with Crippen LogP contribution in [0, 0.1) is 4.91 Å². The molecule has 94 valence electrons. The lowest BCUT2D eigenvalue weighted by molar-refractivity contribution is -0.274. The van der Waals surface area contributed by atoms with Gasteiger partial charge < -0.3 is 5.11 Å². The molecule has 0 radical (unpaired) electrons.